The highest BCUT2D eigenvalue weighted by Crippen LogP contribution is 2.19. The highest BCUT2D eigenvalue weighted by atomic mass is 32.2. The average Bonchev–Trinajstić information content (AvgIpc) is 2.85. The molecular weight excluding hydrogens is 328 g/mol. The van der Waals surface area contributed by atoms with Gasteiger partial charge in [-0.3, -0.25) is 4.72 Å². The molecule has 3 N–H and O–H groups in total. The first-order chi connectivity index (χ1) is 9.91. The quantitative estimate of drug-likeness (QED) is 0.775. The van der Waals surface area contributed by atoms with Crippen LogP contribution in [0.3, 0.4) is 0 Å². The van der Waals surface area contributed by atoms with Gasteiger partial charge in [0.1, 0.15) is 10.00 Å². The van der Waals surface area contributed by atoms with E-state index in [1.165, 1.54) is 11.3 Å². The molecule has 1 aromatic carbocycles. The van der Waals surface area contributed by atoms with E-state index in [2.05, 4.69) is 14.9 Å². The molecule has 0 aliphatic carbocycles. The Hall–Kier alpha value is -1.58. The summed E-state index contributed by atoms with van der Waals surface area (Å²) in [6.45, 7) is 1.93. The summed E-state index contributed by atoms with van der Waals surface area (Å²) in [5.41, 5.74) is 6.72. The van der Waals surface area contributed by atoms with E-state index in [0.717, 1.165) is 5.01 Å². The molecule has 0 radical (unpaired) electrons. The minimum absolute atomic E-state index is 0.171. The summed E-state index contributed by atoms with van der Waals surface area (Å²) in [5.74, 6) is -0.221. The maximum Gasteiger partial charge on any atom is 0.238 e. The number of aromatic nitrogens is 2. The summed E-state index contributed by atoms with van der Waals surface area (Å²) in [5, 5.41) is 8.71. The monoisotopic (exact) mass is 342 g/mol. The van der Waals surface area contributed by atoms with Crippen molar-refractivity contribution in [1.29, 1.82) is 0 Å². The van der Waals surface area contributed by atoms with Gasteiger partial charge in [-0.25, -0.2) is 8.42 Å². The minimum Gasteiger partial charge on any atom is -0.389 e. The molecule has 0 fully saturated rings. The van der Waals surface area contributed by atoms with Crippen molar-refractivity contribution in [3.05, 3.63) is 40.4 Å². The van der Waals surface area contributed by atoms with Gasteiger partial charge >= 0.3 is 0 Å². The molecule has 1 heterocycles. The van der Waals surface area contributed by atoms with E-state index in [9.17, 15) is 8.42 Å². The lowest BCUT2D eigenvalue weighted by Gasteiger charge is -2.09. The number of aryl methyl sites for hydroxylation is 1. The fourth-order valence-electron chi connectivity index (χ4n) is 1.70. The van der Waals surface area contributed by atoms with E-state index in [1.54, 1.807) is 24.3 Å². The molecule has 0 aliphatic heterocycles. The molecule has 112 valence electrons. The van der Waals surface area contributed by atoms with Crippen molar-refractivity contribution in [1.82, 2.24) is 10.2 Å². The van der Waals surface area contributed by atoms with Crippen LogP contribution in [0.1, 0.15) is 23.1 Å². The standard InChI is InChI=1S/C12H14N4O2S3/c1-2-10-14-15-12(20-10)16-21(17,18)7-8-5-3-4-6-9(8)11(13)19/h3-6H,2,7H2,1H3,(H2,13,19)(H,15,16). The van der Waals surface area contributed by atoms with Crippen LogP contribution in [0, 0.1) is 0 Å². The van der Waals surface area contributed by atoms with Gasteiger partial charge in [-0.2, -0.15) is 0 Å². The average molecular weight is 342 g/mol. The first kappa shape index (κ1) is 15.8. The lowest BCUT2D eigenvalue weighted by molar-refractivity contribution is 0.600. The third-order valence-corrected chi connectivity index (χ3v) is 5.17. The first-order valence-corrected chi connectivity index (χ1v) is 8.99. The molecule has 0 saturated carbocycles. The molecule has 0 amide bonds. The third-order valence-electron chi connectivity index (χ3n) is 2.64. The second-order valence-corrected chi connectivity index (χ2v) is 7.46. The van der Waals surface area contributed by atoms with Crippen LogP contribution < -0.4 is 10.5 Å². The second kappa shape index (κ2) is 6.46. The summed E-state index contributed by atoms with van der Waals surface area (Å²) in [6.07, 6.45) is 0.712. The van der Waals surface area contributed by atoms with Gasteiger partial charge in [-0.05, 0) is 12.0 Å². The number of nitrogens with one attached hydrogen (secondary N) is 1. The topological polar surface area (TPSA) is 98.0 Å². The smallest absolute Gasteiger partial charge is 0.238 e. The Balaban J connectivity index is 2.20. The van der Waals surface area contributed by atoms with Crippen LogP contribution in [0.15, 0.2) is 24.3 Å². The van der Waals surface area contributed by atoms with Crippen LogP contribution in [0.2, 0.25) is 0 Å². The third kappa shape index (κ3) is 4.19. The Morgan fingerprint density at radius 1 is 1.38 bits per heavy atom. The van der Waals surface area contributed by atoms with E-state index >= 15 is 0 Å². The van der Waals surface area contributed by atoms with E-state index in [1.807, 2.05) is 6.92 Å². The number of nitrogens with zero attached hydrogens (tertiary/aromatic N) is 2. The van der Waals surface area contributed by atoms with Crippen molar-refractivity contribution >= 4 is 43.7 Å². The van der Waals surface area contributed by atoms with Gasteiger partial charge in [0.2, 0.25) is 15.2 Å². The number of hydrogen-bond donors (Lipinski definition) is 2. The van der Waals surface area contributed by atoms with Crippen molar-refractivity contribution < 1.29 is 8.42 Å². The van der Waals surface area contributed by atoms with Crippen LogP contribution >= 0.6 is 23.6 Å². The Morgan fingerprint density at radius 2 is 2.10 bits per heavy atom. The Morgan fingerprint density at radius 3 is 2.71 bits per heavy atom. The van der Waals surface area contributed by atoms with Gasteiger partial charge in [0.25, 0.3) is 0 Å². The van der Waals surface area contributed by atoms with Crippen LogP contribution in [0.5, 0.6) is 0 Å². The van der Waals surface area contributed by atoms with Crippen LogP contribution in [0.25, 0.3) is 0 Å². The molecule has 1 aromatic heterocycles. The zero-order valence-electron chi connectivity index (χ0n) is 11.2. The number of hydrogen-bond acceptors (Lipinski definition) is 6. The van der Waals surface area contributed by atoms with Crippen molar-refractivity contribution in [2.75, 3.05) is 4.72 Å². The zero-order chi connectivity index (χ0) is 15.5. The summed E-state index contributed by atoms with van der Waals surface area (Å²) in [4.78, 5) is 0.171. The Bertz CT molecular complexity index is 755. The predicted octanol–water partition coefficient (Wildman–Crippen LogP) is 1.68. The zero-order valence-corrected chi connectivity index (χ0v) is 13.7. The number of benzene rings is 1. The van der Waals surface area contributed by atoms with E-state index in [0.29, 0.717) is 17.5 Å². The normalized spacial score (nSPS) is 11.3. The van der Waals surface area contributed by atoms with E-state index < -0.39 is 10.0 Å². The van der Waals surface area contributed by atoms with Crippen LogP contribution in [-0.4, -0.2) is 23.6 Å². The number of sulfonamides is 1. The molecule has 2 rings (SSSR count). The number of anilines is 1. The molecule has 0 spiro atoms. The summed E-state index contributed by atoms with van der Waals surface area (Å²) < 4.78 is 26.8. The molecule has 0 aliphatic rings. The number of rotatable bonds is 6. The highest BCUT2D eigenvalue weighted by molar-refractivity contribution is 7.92. The fourth-order valence-corrected chi connectivity index (χ4v) is 4.02. The van der Waals surface area contributed by atoms with Gasteiger partial charge in [-0.15, -0.1) is 10.2 Å². The predicted molar refractivity (Wildman–Crippen MR) is 87.9 cm³/mol. The Kier molecular flexibility index (Phi) is 4.86. The van der Waals surface area contributed by atoms with Crippen LogP contribution in [-0.2, 0) is 22.2 Å². The second-order valence-electron chi connectivity index (χ2n) is 4.24. The maximum atomic E-state index is 12.2. The van der Waals surface area contributed by atoms with Crippen molar-refractivity contribution in [3.8, 4) is 0 Å². The largest absolute Gasteiger partial charge is 0.389 e. The first-order valence-electron chi connectivity index (χ1n) is 6.12. The molecule has 0 unspecified atom stereocenters. The number of thiocarbonyl (C=S) groups is 1. The van der Waals surface area contributed by atoms with Gasteiger partial charge in [0.15, 0.2) is 0 Å². The van der Waals surface area contributed by atoms with E-state index in [-0.39, 0.29) is 15.9 Å². The molecule has 2 aromatic rings. The molecular formula is C12H14N4O2S3. The van der Waals surface area contributed by atoms with Gasteiger partial charge in [0.05, 0.1) is 5.75 Å². The molecule has 6 nitrogen and oxygen atoms in total. The molecule has 0 bridgehead atoms. The van der Waals surface area contributed by atoms with Crippen molar-refractivity contribution in [2.45, 2.75) is 19.1 Å². The lowest BCUT2D eigenvalue weighted by atomic mass is 10.1. The maximum absolute atomic E-state index is 12.2. The Labute approximate surface area is 132 Å². The van der Waals surface area contributed by atoms with E-state index in [4.69, 9.17) is 18.0 Å². The molecule has 21 heavy (non-hydrogen) atoms. The van der Waals surface area contributed by atoms with Crippen LogP contribution in [0.4, 0.5) is 5.13 Å². The highest BCUT2D eigenvalue weighted by Gasteiger charge is 2.17. The van der Waals surface area contributed by atoms with Crippen molar-refractivity contribution in [2.24, 2.45) is 5.73 Å². The van der Waals surface area contributed by atoms with Crippen molar-refractivity contribution in [3.63, 3.8) is 0 Å². The summed E-state index contributed by atoms with van der Waals surface area (Å²) in [7, 11) is -3.60. The van der Waals surface area contributed by atoms with Gasteiger partial charge < -0.3 is 5.73 Å². The minimum atomic E-state index is -3.60. The number of nitrogens with two attached hydrogens (primary N) is 1. The van der Waals surface area contributed by atoms with Gasteiger partial charge in [-0.1, -0.05) is 54.7 Å². The molecule has 9 heteroatoms. The lowest BCUT2D eigenvalue weighted by Crippen LogP contribution is -2.18. The molecule has 0 atom stereocenters. The SMILES string of the molecule is CCc1nnc(NS(=O)(=O)Cc2ccccc2C(N)=S)s1. The summed E-state index contributed by atoms with van der Waals surface area (Å²) >= 11 is 6.15. The molecule has 0 saturated heterocycles. The fraction of sp³-hybridized carbons (Fsp3) is 0.250. The van der Waals surface area contributed by atoms with Gasteiger partial charge in [0, 0.05) is 5.56 Å². The summed E-state index contributed by atoms with van der Waals surface area (Å²) in [6, 6.07) is 6.89.